The van der Waals surface area contributed by atoms with E-state index in [4.69, 9.17) is 9.47 Å². The lowest BCUT2D eigenvalue weighted by atomic mass is 9.98. The molecule has 1 aliphatic heterocycles. The van der Waals surface area contributed by atoms with Gasteiger partial charge in [-0.3, -0.25) is 9.00 Å². The lowest BCUT2D eigenvalue weighted by Gasteiger charge is -2.19. The van der Waals surface area contributed by atoms with E-state index in [0.717, 1.165) is 40.5 Å². The van der Waals surface area contributed by atoms with Gasteiger partial charge in [0.2, 0.25) is 5.91 Å². The third-order valence-electron chi connectivity index (χ3n) is 5.84. The van der Waals surface area contributed by atoms with Crippen LogP contribution in [0.3, 0.4) is 0 Å². The van der Waals surface area contributed by atoms with Crippen molar-refractivity contribution in [1.29, 1.82) is 0 Å². The van der Waals surface area contributed by atoms with Crippen molar-refractivity contribution in [2.45, 2.75) is 49.0 Å². The highest BCUT2D eigenvalue weighted by Gasteiger charge is 2.32. The molecule has 2 aromatic rings. The lowest BCUT2D eigenvalue weighted by molar-refractivity contribution is -0.117. The van der Waals surface area contributed by atoms with Crippen molar-refractivity contribution in [2.24, 2.45) is 0 Å². The molecular weight excluding hydrogens is 386 g/mol. The number of nitrogens with zero attached hydrogens (tertiary/aromatic N) is 1. The number of hydrogen-bond donors (Lipinski definition) is 0. The van der Waals surface area contributed by atoms with Crippen LogP contribution in [0, 0.1) is 0 Å². The maximum absolute atomic E-state index is 12.7. The maximum atomic E-state index is 12.7. The van der Waals surface area contributed by atoms with Gasteiger partial charge in [-0.2, -0.15) is 0 Å². The fourth-order valence-electron chi connectivity index (χ4n) is 4.24. The predicted octanol–water partition coefficient (Wildman–Crippen LogP) is 4.27. The van der Waals surface area contributed by atoms with E-state index in [2.05, 4.69) is 0 Å². The number of hydrogen-bond acceptors (Lipinski definition) is 4. The predicted molar refractivity (Wildman–Crippen MR) is 114 cm³/mol. The Kier molecular flexibility index (Phi) is 5.90. The molecule has 6 heteroatoms. The van der Waals surface area contributed by atoms with E-state index in [1.807, 2.05) is 42.5 Å². The fourth-order valence-corrected chi connectivity index (χ4v) is 4.79. The number of ether oxygens (including phenoxy) is 2. The Labute approximate surface area is 174 Å². The first kappa shape index (κ1) is 20.0. The molecule has 1 saturated heterocycles. The van der Waals surface area contributed by atoms with Crippen LogP contribution in [0.25, 0.3) is 0 Å². The molecule has 154 valence electrons. The summed E-state index contributed by atoms with van der Waals surface area (Å²) in [5.41, 5.74) is 1.89. The van der Waals surface area contributed by atoms with Gasteiger partial charge in [-0.1, -0.05) is 12.1 Å². The van der Waals surface area contributed by atoms with Gasteiger partial charge in [0.05, 0.1) is 13.2 Å². The molecule has 5 nitrogen and oxygen atoms in total. The van der Waals surface area contributed by atoms with Crippen molar-refractivity contribution in [3.05, 3.63) is 48.0 Å². The van der Waals surface area contributed by atoms with Crippen LogP contribution in [0.2, 0.25) is 0 Å². The second kappa shape index (κ2) is 8.57. The van der Waals surface area contributed by atoms with Gasteiger partial charge in [0.15, 0.2) is 11.5 Å². The first-order valence-corrected chi connectivity index (χ1v) is 11.7. The molecule has 0 bridgehead atoms. The molecule has 2 aliphatic rings. The summed E-state index contributed by atoms with van der Waals surface area (Å²) in [7, 11) is 0.581. The van der Waals surface area contributed by atoms with Gasteiger partial charge in [-0.15, -0.1) is 0 Å². The molecule has 29 heavy (non-hydrogen) atoms. The molecule has 1 saturated carbocycles. The third kappa shape index (κ3) is 4.32. The minimum atomic E-state index is -1.07. The molecule has 0 aromatic heterocycles. The van der Waals surface area contributed by atoms with Gasteiger partial charge in [0.25, 0.3) is 0 Å². The molecule has 4 rings (SSSR count). The molecule has 2 aromatic carbocycles. The molecule has 1 amide bonds. The van der Waals surface area contributed by atoms with Crippen molar-refractivity contribution in [3.63, 3.8) is 0 Å². The van der Waals surface area contributed by atoms with E-state index in [1.54, 1.807) is 18.3 Å². The van der Waals surface area contributed by atoms with Gasteiger partial charge < -0.3 is 14.4 Å². The average molecular weight is 414 g/mol. The molecule has 0 N–H and O–H groups in total. The standard InChI is InChI=1S/C23H27NO4S/c1-27-21-11-10-16(12-22(21)28-19-7-3-4-8-19)17-13-23(25)24(15-17)18-6-5-9-20(14-18)29(2)26/h5-6,9-12,14,17,19H,3-4,7-8,13,15H2,1-2H3/t17-,29?/m1/s1. The van der Waals surface area contributed by atoms with Crippen LogP contribution >= 0.6 is 0 Å². The van der Waals surface area contributed by atoms with Crippen molar-refractivity contribution in [3.8, 4) is 11.5 Å². The molecule has 2 fully saturated rings. The van der Waals surface area contributed by atoms with Crippen LogP contribution in [-0.2, 0) is 15.6 Å². The highest BCUT2D eigenvalue weighted by molar-refractivity contribution is 7.84. The summed E-state index contributed by atoms with van der Waals surface area (Å²) < 4.78 is 23.5. The Balaban J connectivity index is 1.55. The van der Waals surface area contributed by atoms with E-state index in [-0.39, 0.29) is 17.9 Å². The maximum Gasteiger partial charge on any atom is 0.227 e. The molecule has 1 aliphatic carbocycles. The summed E-state index contributed by atoms with van der Waals surface area (Å²) in [5.74, 6) is 1.68. The van der Waals surface area contributed by atoms with E-state index in [9.17, 15) is 9.00 Å². The number of benzene rings is 2. The smallest absolute Gasteiger partial charge is 0.227 e. The Morgan fingerprint density at radius 2 is 1.86 bits per heavy atom. The van der Waals surface area contributed by atoms with Crippen LogP contribution in [-0.4, -0.2) is 36.1 Å². The quantitative estimate of drug-likeness (QED) is 0.710. The monoisotopic (exact) mass is 413 g/mol. The average Bonchev–Trinajstić information content (AvgIpc) is 3.37. The normalized spacial score (nSPS) is 20.8. The number of methoxy groups -OCH3 is 1. The van der Waals surface area contributed by atoms with Crippen LogP contribution in [0.4, 0.5) is 5.69 Å². The summed E-state index contributed by atoms with van der Waals surface area (Å²) >= 11 is 0. The summed E-state index contributed by atoms with van der Waals surface area (Å²) in [6, 6.07) is 13.4. The highest BCUT2D eigenvalue weighted by Crippen LogP contribution is 2.38. The lowest BCUT2D eigenvalue weighted by Crippen LogP contribution is -2.24. The van der Waals surface area contributed by atoms with Crippen LogP contribution < -0.4 is 14.4 Å². The molecular formula is C23H27NO4S. The minimum Gasteiger partial charge on any atom is -0.493 e. The Morgan fingerprint density at radius 3 is 2.59 bits per heavy atom. The molecule has 1 unspecified atom stereocenters. The minimum absolute atomic E-state index is 0.0862. The van der Waals surface area contributed by atoms with Gasteiger partial charge >= 0.3 is 0 Å². The van der Waals surface area contributed by atoms with Crippen molar-refractivity contribution < 1.29 is 18.5 Å². The molecule has 0 radical (unpaired) electrons. The highest BCUT2D eigenvalue weighted by atomic mass is 32.2. The van der Waals surface area contributed by atoms with Gasteiger partial charge in [-0.25, -0.2) is 0 Å². The van der Waals surface area contributed by atoms with Crippen LogP contribution in [0.15, 0.2) is 47.4 Å². The van der Waals surface area contributed by atoms with E-state index >= 15 is 0 Å². The first-order chi connectivity index (χ1) is 14.0. The van der Waals surface area contributed by atoms with Crippen molar-refractivity contribution in [1.82, 2.24) is 0 Å². The van der Waals surface area contributed by atoms with Crippen molar-refractivity contribution in [2.75, 3.05) is 24.8 Å². The second-order valence-corrected chi connectivity index (χ2v) is 9.17. The van der Waals surface area contributed by atoms with Crippen molar-refractivity contribution >= 4 is 22.4 Å². The SMILES string of the molecule is COc1ccc([C@@H]2CC(=O)N(c3cccc(S(C)=O)c3)C2)cc1OC1CCCC1. The number of rotatable bonds is 6. The van der Waals surface area contributed by atoms with E-state index in [0.29, 0.717) is 13.0 Å². The van der Waals surface area contributed by atoms with Gasteiger partial charge in [0, 0.05) is 46.5 Å². The van der Waals surface area contributed by atoms with Gasteiger partial charge in [-0.05, 0) is 61.6 Å². The fraction of sp³-hybridized carbons (Fsp3) is 0.435. The zero-order valence-electron chi connectivity index (χ0n) is 16.9. The van der Waals surface area contributed by atoms with E-state index < -0.39 is 10.8 Å². The summed E-state index contributed by atoms with van der Waals surface area (Å²) in [5, 5.41) is 0. The summed E-state index contributed by atoms with van der Waals surface area (Å²) in [4.78, 5) is 15.2. The third-order valence-corrected chi connectivity index (χ3v) is 6.76. The second-order valence-electron chi connectivity index (χ2n) is 7.79. The van der Waals surface area contributed by atoms with Crippen LogP contribution in [0.1, 0.15) is 43.6 Å². The zero-order valence-corrected chi connectivity index (χ0v) is 17.7. The Hall–Kier alpha value is -2.34. The largest absolute Gasteiger partial charge is 0.493 e. The summed E-state index contributed by atoms with van der Waals surface area (Å²) in [6.45, 7) is 0.605. The zero-order chi connectivity index (χ0) is 20.4. The number of carbonyl (C=O) groups is 1. The molecule has 0 spiro atoms. The number of anilines is 1. The molecule has 1 heterocycles. The number of carbonyl (C=O) groups excluding carboxylic acids is 1. The van der Waals surface area contributed by atoms with Gasteiger partial charge in [0.1, 0.15) is 0 Å². The van der Waals surface area contributed by atoms with E-state index in [1.165, 1.54) is 12.8 Å². The Morgan fingerprint density at radius 1 is 1.07 bits per heavy atom. The first-order valence-electron chi connectivity index (χ1n) is 10.1. The summed E-state index contributed by atoms with van der Waals surface area (Å²) in [6.07, 6.45) is 6.93. The molecule has 2 atom stereocenters. The topological polar surface area (TPSA) is 55.8 Å². The van der Waals surface area contributed by atoms with Crippen LogP contribution in [0.5, 0.6) is 11.5 Å². The Bertz CT molecular complexity index is 923. The number of amides is 1.